The molecule has 11 heteroatoms. The van der Waals surface area contributed by atoms with E-state index in [1.807, 2.05) is 0 Å². The molecule has 0 saturated carbocycles. The fraction of sp³-hybridized carbons (Fsp3) is 0.455. The lowest BCUT2D eigenvalue weighted by atomic mass is 10.1. The fourth-order valence-corrected chi connectivity index (χ4v) is 2.36. The van der Waals surface area contributed by atoms with Gasteiger partial charge in [-0.15, -0.1) is 0 Å². The molecule has 22 heavy (non-hydrogen) atoms. The number of aromatic hydroxyl groups is 1. The summed E-state index contributed by atoms with van der Waals surface area (Å²) in [5.41, 5.74) is -1.45. The van der Waals surface area contributed by atoms with Gasteiger partial charge in [0.2, 0.25) is 5.92 Å². The molecule has 0 aromatic carbocycles. The molecule has 0 aliphatic carbocycles. The van der Waals surface area contributed by atoms with Crippen LogP contribution in [0.1, 0.15) is 5.76 Å². The molecule has 0 aliphatic rings. The van der Waals surface area contributed by atoms with Gasteiger partial charge < -0.3 is 14.3 Å². The fourth-order valence-electron chi connectivity index (χ4n) is 1.45. The van der Waals surface area contributed by atoms with E-state index in [9.17, 15) is 36.6 Å². The minimum atomic E-state index is -5.62. The third-order valence-electron chi connectivity index (χ3n) is 2.35. The summed E-state index contributed by atoms with van der Waals surface area (Å²) in [7, 11) is 0.513. The molecule has 0 fully saturated rings. The Balaban J connectivity index is 3.29. The number of thioether (sulfide) groups is 1. The zero-order valence-corrected chi connectivity index (χ0v) is 11.8. The van der Waals surface area contributed by atoms with E-state index in [0.29, 0.717) is 7.11 Å². The Hall–Kier alpha value is -1.78. The minimum Gasteiger partial charge on any atom is -0.506 e. The average Bonchev–Trinajstić information content (AvgIpc) is 2.31. The van der Waals surface area contributed by atoms with E-state index in [1.165, 1.54) is 6.92 Å². The Morgan fingerprint density at radius 1 is 1.36 bits per heavy atom. The summed E-state index contributed by atoms with van der Waals surface area (Å²) < 4.78 is 73.8. The van der Waals surface area contributed by atoms with Crippen LogP contribution in [0.3, 0.4) is 0 Å². The number of carbonyl (C=O) groups is 1. The molecule has 1 aromatic rings. The highest BCUT2D eigenvalue weighted by Gasteiger charge is 2.62. The van der Waals surface area contributed by atoms with Crippen molar-refractivity contribution in [2.45, 2.75) is 23.3 Å². The van der Waals surface area contributed by atoms with Crippen molar-refractivity contribution in [3.05, 3.63) is 22.2 Å². The predicted octanol–water partition coefficient (Wildman–Crippen LogP) is 2.69. The van der Waals surface area contributed by atoms with Crippen LogP contribution < -0.4 is 5.63 Å². The second-order valence-corrected chi connectivity index (χ2v) is 5.18. The van der Waals surface area contributed by atoms with Gasteiger partial charge in [0.25, 0.3) is 0 Å². The van der Waals surface area contributed by atoms with E-state index in [1.54, 1.807) is 0 Å². The van der Waals surface area contributed by atoms with E-state index in [-0.39, 0.29) is 5.76 Å². The second kappa shape index (κ2) is 6.15. The zero-order chi connectivity index (χ0) is 17.3. The van der Waals surface area contributed by atoms with Crippen LogP contribution in [0.5, 0.6) is 5.75 Å². The molecule has 1 rings (SSSR count). The van der Waals surface area contributed by atoms with Crippen molar-refractivity contribution in [1.29, 1.82) is 0 Å². The molecule has 1 aromatic heterocycles. The van der Waals surface area contributed by atoms with Crippen molar-refractivity contribution in [2.75, 3.05) is 7.11 Å². The first-order chi connectivity index (χ1) is 9.90. The standard InChI is InChI=1S/C11H9F5O5S/c1-4-3-5(17)6(8(18)21-4)22-11(15,16)7(9(19)20-2)10(12,13)14/h3,7,17H,1-2H3/t7-/m0/s1. The van der Waals surface area contributed by atoms with Crippen LogP contribution in [0.4, 0.5) is 22.0 Å². The Labute approximate surface area is 124 Å². The van der Waals surface area contributed by atoms with Crippen LogP contribution in [0, 0.1) is 12.8 Å². The molecule has 1 N–H and O–H groups in total. The first-order valence-corrected chi connectivity index (χ1v) is 6.27. The SMILES string of the molecule is COC(=O)[C@@H](C(F)(F)F)C(F)(F)Sc1c(O)cc(C)oc1=O. The molecule has 1 heterocycles. The van der Waals surface area contributed by atoms with Crippen LogP contribution in [0.2, 0.25) is 0 Å². The number of ether oxygens (including phenoxy) is 1. The van der Waals surface area contributed by atoms with Crippen molar-refractivity contribution in [1.82, 2.24) is 0 Å². The second-order valence-electron chi connectivity index (χ2n) is 4.02. The summed E-state index contributed by atoms with van der Waals surface area (Å²) >= 11 is -0.924. The molecule has 0 unspecified atom stereocenters. The van der Waals surface area contributed by atoms with Gasteiger partial charge in [0.15, 0.2) is 0 Å². The summed E-state index contributed by atoms with van der Waals surface area (Å²) in [5, 5.41) is 4.61. The molecule has 124 valence electrons. The van der Waals surface area contributed by atoms with Gasteiger partial charge in [-0.3, -0.25) is 4.79 Å². The van der Waals surface area contributed by atoms with Gasteiger partial charge in [0, 0.05) is 6.07 Å². The molecule has 0 amide bonds. The normalized spacial score (nSPS) is 13.8. The number of hydrogen-bond acceptors (Lipinski definition) is 6. The maximum absolute atomic E-state index is 13.8. The number of aryl methyl sites for hydroxylation is 1. The lowest BCUT2D eigenvalue weighted by Crippen LogP contribution is -2.43. The third kappa shape index (κ3) is 3.90. The number of carbonyl (C=O) groups excluding carboxylic acids is 1. The molecule has 5 nitrogen and oxygen atoms in total. The molecular formula is C11H9F5O5S. The van der Waals surface area contributed by atoms with E-state index >= 15 is 0 Å². The van der Waals surface area contributed by atoms with Crippen LogP contribution in [-0.4, -0.2) is 29.6 Å². The highest BCUT2D eigenvalue weighted by molar-refractivity contribution is 8.00. The summed E-state index contributed by atoms with van der Waals surface area (Å²) in [6.07, 6.45) is -5.62. The molecular weight excluding hydrogens is 339 g/mol. The number of halogens is 5. The molecule has 1 atom stereocenters. The molecule has 0 radical (unpaired) electrons. The van der Waals surface area contributed by atoms with Crippen molar-refractivity contribution in [3.8, 4) is 5.75 Å². The van der Waals surface area contributed by atoms with Gasteiger partial charge in [0.05, 0.1) is 7.11 Å². The highest BCUT2D eigenvalue weighted by Crippen LogP contribution is 2.49. The lowest BCUT2D eigenvalue weighted by molar-refractivity contribution is -0.224. The molecule has 0 saturated heterocycles. The van der Waals surface area contributed by atoms with Crippen molar-refractivity contribution >= 4 is 17.7 Å². The summed E-state index contributed by atoms with van der Waals surface area (Å²) in [5.74, 6) is -7.14. The number of alkyl halides is 5. The number of rotatable bonds is 4. The van der Waals surface area contributed by atoms with E-state index < -0.39 is 51.4 Å². The molecule has 0 spiro atoms. The number of methoxy groups -OCH3 is 1. The van der Waals surface area contributed by atoms with Crippen molar-refractivity contribution in [2.24, 2.45) is 5.92 Å². The number of hydrogen-bond donors (Lipinski definition) is 1. The summed E-state index contributed by atoms with van der Waals surface area (Å²) in [4.78, 5) is 21.2. The lowest BCUT2D eigenvalue weighted by Gasteiger charge is -2.25. The Morgan fingerprint density at radius 3 is 2.32 bits per heavy atom. The van der Waals surface area contributed by atoms with Gasteiger partial charge in [-0.2, -0.15) is 22.0 Å². The maximum atomic E-state index is 13.8. The Morgan fingerprint density at radius 2 is 1.91 bits per heavy atom. The predicted molar refractivity (Wildman–Crippen MR) is 63.7 cm³/mol. The van der Waals surface area contributed by atoms with Crippen LogP contribution in [0.25, 0.3) is 0 Å². The first kappa shape index (κ1) is 18.3. The monoisotopic (exact) mass is 348 g/mol. The van der Waals surface area contributed by atoms with Gasteiger partial charge in [-0.25, -0.2) is 4.79 Å². The van der Waals surface area contributed by atoms with Gasteiger partial charge >= 0.3 is 23.0 Å². The summed E-state index contributed by atoms with van der Waals surface area (Å²) in [6, 6.07) is 0.778. The van der Waals surface area contributed by atoms with Crippen LogP contribution in [-0.2, 0) is 9.53 Å². The largest absolute Gasteiger partial charge is 0.506 e. The molecule has 0 bridgehead atoms. The molecule has 0 aliphatic heterocycles. The summed E-state index contributed by atoms with van der Waals surface area (Å²) in [6.45, 7) is 1.22. The zero-order valence-electron chi connectivity index (χ0n) is 11.0. The highest BCUT2D eigenvalue weighted by atomic mass is 32.2. The third-order valence-corrected chi connectivity index (χ3v) is 3.44. The average molecular weight is 348 g/mol. The topological polar surface area (TPSA) is 76.7 Å². The smallest absolute Gasteiger partial charge is 0.409 e. The van der Waals surface area contributed by atoms with Gasteiger partial charge in [0.1, 0.15) is 16.4 Å². The van der Waals surface area contributed by atoms with Gasteiger partial charge in [-0.05, 0) is 18.7 Å². The van der Waals surface area contributed by atoms with Crippen molar-refractivity contribution < 1.29 is 41.0 Å². The number of esters is 1. The minimum absolute atomic E-state index is 0.129. The van der Waals surface area contributed by atoms with E-state index in [2.05, 4.69) is 9.15 Å². The maximum Gasteiger partial charge on any atom is 0.409 e. The van der Waals surface area contributed by atoms with Crippen LogP contribution in [0.15, 0.2) is 20.2 Å². The quantitative estimate of drug-likeness (QED) is 0.512. The van der Waals surface area contributed by atoms with Gasteiger partial charge in [-0.1, -0.05) is 0 Å². The van der Waals surface area contributed by atoms with E-state index in [4.69, 9.17) is 0 Å². The van der Waals surface area contributed by atoms with Crippen LogP contribution >= 0.6 is 11.8 Å². The van der Waals surface area contributed by atoms with E-state index in [0.717, 1.165) is 6.07 Å². The Kier molecular flexibility index (Phi) is 5.10. The van der Waals surface area contributed by atoms with Crippen molar-refractivity contribution in [3.63, 3.8) is 0 Å². The Bertz CT molecular complexity index is 624. The first-order valence-electron chi connectivity index (χ1n) is 5.45.